The van der Waals surface area contributed by atoms with Crippen molar-refractivity contribution in [3.63, 3.8) is 0 Å². The van der Waals surface area contributed by atoms with E-state index in [1.807, 2.05) is 25.1 Å². The number of nitrogens with one attached hydrogen (secondary N) is 3. The fraction of sp³-hybridized carbons (Fsp3) is 0.267. The van der Waals surface area contributed by atoms with E-state index in [0.29, 0.717) is 55.6 Å². The second-order valence-electron chi connectivity index (χ2n) is 9.78. The minimum Gasteiger partial charge on any atom is -0.507 e. The van der Waals surface area contributed by atoms with E-state index in [-0.39, 0.29) is 30.0 Å². The van der Waals surface area contributed by atoms with Crippen molar-refractivity contribution in [3.8, 4) is 16.9 Å². The molecule has 4 aromatic rings. The molecule has 0 radical (unpaired) electrons. The topological polar surface area (TPSA) is 127 Å². The summed E-state index contributed by atoms with van der Waals surface area (Å²) in [5.41, 5.74) is 4.82. The van der Waals surface area contributed by atoms with Crippen LogP contribution in [0.2, 0.25) is 0 Å². The number of H-pyrrole nitrogens is 1. The van der Waals surface area contributed by atoms with Crippen molar-refractivity contribution in [2.24, 2.45) is 0 Å². The van der Waals surface area contributed by atoms with Crippen molar-refractivity contribution in [2.75, 3.05) is 26.2 Å². The van der Waals surface area contributed by atoms with Crippen molar-refractivity contribution in [1.29, 1.82) is 0 Å². The van der Waals surface area contributed by atoms with E-state index in [0.717, 1.165) is 28.0 Å². The Kier molecular flexibility index (Phi) is 7.58. The Bertz CT molecular complexity index is 1540. The maximum Gasteiger partial charge on any atom is 0.254 e. The summed E-state index contributed by atoms with van der Waals surface area (Å²) in [7, 11) is 0. The van der Waals surface area contributed by atoms with Crippen LogP contribution >= 0.6 is 0 Å². The fourth-order valence-corrected chi connectivity index (χ4v) is 4.81. The average molecular weight is 526 g/mol. The molecule has 9 heteroatoms. The number of hydrogen-bond acceptors (Lipinski definition) is 5. The fourth-order valence-electron chi connectivity index (χ4n) is 4.81. The largest absolute Gasteiger partial charge is 0.507 e. The summed E-state index contributed by atoms with van der Waals surface area (Å²) in [6.07, 6.45) is 1.80. The van der Waals surface area contributed by atoms with Gasteiger partial charge in [-0.1, -0.05) is 18.2 Å². The van der Waals surface area contributed by atoms with E-state index in [4.69, 9.17) is 0 Å². The molecule has 3 aromatic carbocycles. The normalized spacial score (nSPS) is 15.3. The zero-order valence-corrected chi connectivity index (χ0v) is 21.8. The third-order valence-electron chi connectivity index (χ3n) is 6.84. The zero-order chi connectivity index (χ0) is 27.4. The van der Waals surface area contributed by atoms with Gasteiger partial charge in [0.25, 0.3) is 11.8 Å². The predicted molar refractivity (Wildman–Crippen MR) is 149 cm³/mol. The van der Waals surface area contributed by atoms with Crippen LogP contribution < -0.4 is 10.6 Å². The van der Waals surface area contributed by atoms with Gasteiger partial charge in [0.15, 0.2) is 0 Å². The molecule has 39 heavy (non-hydrogen) atoms. The summed E-state index contributed by atoms with van der Waals surface area (Å²) in [5.74, 6) is 0.192. The maximum atomic E-state index is 13.4. The smallest absolute Gasteiger partial charge is 0.254 e. The van der Waals surface area contributed by atoms with Gasteiger partial charge in [-0.15, -0.1) is 0 Å². The lowest BCUT2D eigenvalue weighted by molar-refractivity contribution is -0.121. The minimum absolute atomic E-state index is 0.0728. The highest BCUT2D eigenvalue weighted by atomic mass is 16.3. The van der Waals surface area contributed by atoms with Crippen molar-refractivity contribution in [2.45, 2.75) is 26.2 Å². The van der Waals surface area contributed by atoms with Crippen LogP contribution in [0.4, 0.5) is 0 Å². The van der Waals surface area contributed by atoms with Crippen LogP contribution in [0, 0.1) is 6.92 Å². The number of aromatic hydroxyl groups is 1. The molecule has 3 amide bonds. The first-order valence-electron chi connectivity index (χ1n) is 13.1. The summed E-state index contributed by atoms with van der Waals surface area (Å²) in [4.78, 5) is 48.2. The van der Waals surface area contributed by atoms with Gasteiger partial charge < -0.3 is 25.6 Å². The lowest BCUT2D eigenvalue weighted by Gasteiger charge is -2.22. The first kappa shape index (κ1) is 26.0. The monoisotopic (exact) mass is 525 g/mol. The first-order chi connectivity index (χ1) is 18.9. The van der Waals surface area contributed by atoms with Crippen molar-refractivity contribution >= 4 is 28.8 Å². The Morgan fingerprint density at radius 1 is 0.949 bits per heavy atom. The Morgan fingerprint density at radius 3 is 2.67 bits per heavy atom. The second kappa shape index (κ2) is 11.4. The maximum absolute atomic E-state index is 13.4. The van der Waals surface area contributed by atoms with Gasteiger partial charge in [-0.05, 0) is 79.8 Å². The zero-order valence-electron chi connectivity index (χ0n) is 21.8. The number of nitrogens with zero attached hydrogens (tertiary/aromatic N) is 2. The number of hydrogen-bond donors (Lipinski definition) is 4. The molecular formula is C30H31N5O4. The molecule has 200 valence electrons. The number of carbonyl (C=O) groups excluding carboxylic acids is 3. The standard InChI is InChI=1S/C30H31N5O4/c1-19-33-25-9-8-23(17-26(25)34-19)30(39)35-14-3-2-12-32-29(38)22-6-4-5-21(16-22)24-15-20(7-10-27(24)36)11-13-31-28(37)18-35/h4-10,15-17,36H,2-3,11-14,18H2,1H3,(H,31,37)(H,32,38)(H,33,34). The van der Waals surface area contributed by atoms with Gasteiger partial charge in [0.1, 0.15) is 11.6 Å². The number of aryl methyl sites for hydroxylation is 1. The molecule has 0 aliphatic carbocycles. The Balaban J connectivity index is 1.36. The molecule has 4 N–H and O–H groups in total. The molecule has 0 saturated heterocycles. The molecule has 0 atom stereocenters. The summed E-state index contributed by atoms with van der Waals surface area (Å²) < 4.78 is 0. The molecule has 0 fully saturated rings. The number of phenolic OH excluding ortho intramolecular Hbond substituents is 1. The van der Waals surface area contributed by atoms with E-state index in [2.05, 4.69) is 20.6 Å². The van der Waals surface area contributed by atoms with Crippen LogP contribution in [-0.4, -0.2) is 63.9 Å². The summed E-state index contributed by atoms with van der Waals surface area (Å²) in [5, 5.41) is 16.3. The molecule has 4 bridgehead atoms. The number of rotatable bonds is 1. The molecule has 2 heterocycles. The highest BCUT2D eigenvalue weighted by Gasteiger charge is 2.20. The molecule has 0 unspecified atom stereocenters. The van der Waals surface area contributed by atoms with Crippen molar-refractivity contribution in [3.05, 3.63) is 83.2 Å². The minimum atomic E-state index is -0.247. The predicted octanol–water partition coefficient (Wildman–Crippen LogP) is 3.57. The highest BCUT2D eigenvalue weighted by molar-refractivity contribution is 5.99. The van der Waals surface area contributed by atoms with E-state index in [9.17, 15) is 19.5 Å². The lowest BCUT2D eigenvalue weighted by atomic mass is 9.98. The number of aromatic nitrogens is 2. The second-order valence-corrected chi connectivity index (χ2v) is 9.78. The van der Waals surface area contributed by atoms with Gasteiger partial charge >= 0.3 is 0 Å². The van der Waals surface area contributed by atoms with E-state index < -0.39 is 0 Å². The quantitative estimate of drug-likeness (QED) is 0.302. The Hall–Kier alpha value is -4.66. The molecular weight excluding hydrogens is 494 g/mol. The Labute approximate surface area is 226 Å². The molecule has 9 nitrogen and oxygen atoms in total. The summed E-state index contributed by atoms with van der Waals surface area (Å²) in [6.45, 7) is 2.97. The number of benzene rings is 3. The first-order valence-corrected chi connectivity index (χ1v) is 13.1. The van der Waals surface area contributed by atoms with Crippen molar-refractivity contribution in [1.82, 2.24) is 25.5 Å². The van der Waals surface area contributed by atoms with Crippen LogP contribution in [0.3, 0.4) is 0 Å². The van der Waals surface area contributed by atoms with Crippen LogP contribution in [0.25, 0.3) is 22.2 Å². The molecule has 1 aromatic heterocycles. The van der Waals surface area contributed by atoms with Gasteiger partial charge in [-0.2, -0.15) is 0 Å². The van der Waals surface area contributed by atoms with Crippen LogP contribution in [-0.2, 0) is 11.2 Å². The van der Waals surface area contributed by atoms with Gasteiger partial charge in [0.05, 0.1) is 17.6 Å². The molecule has 1 aliphatic rings. The SMILES string of the molecule is Cc1nc2ccc(C(=O)N3CCCCNC(=O)c4cccc(c4)-c4cc(ccc4O)CCNC(=O)C3)cc2[nH]1. The number of amides is 3. The third kappa shape index (κ3) is 6.09. The van der Waals surface area contributed by atoms with Gasteiger partial charge in [-0.25, -0.2) is 4.98 Å². The molecule has 5 rings (SSSR count). The van der Waals surface area contributed by atoms with Crippen LogP contribution in [0.5, 0.6) is 5.75 Å². The number of phenols is 1. The third-order valence-corrected chi connectivity index (χ3v) is 6.84. The molecule has 1 aliphatic heterocycles. The highest BCUT2D eigenvalue weighted by Crippen LogP contribution is 2.31. The number of fused-ring (bicyclic) bond motifs is 6. The number of aromatic amines is 1. The van der Waals surface area contributed by atoms with Gasteiger partial charge in [0.2, 0.25) is 5.91 Å². The summed E-state index contributed by atoms with van der Waals surface area (Å²) >= 11 is 0. The van der Waals surface area contributed by atoms with Gasteiger partial charge in [0, 0.05) is 36.3 Å². The average Bonchev–Trinajstić information content (AvgIpc) is 3.31. The molecule has 0 saturated carbocycles. The van der Waals surface area contributed by atoms with E-state index >= 15 is 0 Å². The number of imidazole rings is 1. The van der Waals surface area contributed by atoms with E-state index in [1.54, 1.807) is 47.4 Å². The van der Waals surface area contributed by atoms with E-state index in [1.165, 1.54) is 0 Å². The number of carbonyl (C=O) groups is 3. The van der Waals surface area contributed by atoms with Gasteiger partial charge in [-0.3, -0.25) is 14.4 Å². The lowest BCUT2D eigenvalue weighted by Crippen LogP contribution is -2.42. The van der Waals surface area contributed by atoms with Crippen LogP contribution in [0.15, 0.2) is 60.7 Å². The summed E-state index contributed by atoms with van der Waals surface area (Å²) in [6, 6.07) is 17.7. The van der Waals surface area contributed by atoms with Crippen molar-refractivity contribution < 1.29 is 19.5 Å². The Morgan fingerprint density at radius 2 is 1.79 bits per heavy atom. The molecule has 0 spiro atoms. The van der Waals surface area contributed by atoms with Crippen LogP contribution in [0.1, 0.15) is 44.9 Å².